The number of hydrogen-bond acceptors (Lipinski definition) is 6. The van der Waals surface area contributed by atoms with Gasteiger partial charge in [-0.15, -0.1) is 0 Å². The molecule has 0 radical (unpaired) electrons. The first-order valence-corrected chi connectivity index (χ1v) is 13.3. The summed E-state index contributed by atoms with van der Waals surface area (Å²) in [7, 11) is 0. The summed E-state index contributed by atoms with van der Waals surface area (Å²) in [6.07, 6.45) is 0.578. The van der Waals surface area contributed by atoms with Gasteiger partial charge in [-0.25, -0.2) is 0 Å². The molecule has 0 bridgehead atoms. The fourth-order valence-electron chi connectivity index (χ4n) is 5.13. The number of phenols is 2. The Morgan fingerprint density at radius 1 is 0.649 bits per heavy atom. The lowest BCUT2D eigenvalue weighted by Gasteiger charge is -2.43. The lowest BCUT2D eigenvalue weighted by molar-refractivity contribution is -0.301. The number of aryl methyl sites for hydroxylation is 2. The fraction of sp³-hybridized carbons (Fsp3) is 0.613. The molecule has 6 nitrogen and oxygen atoms in total. The average Bonchev–Trinajstić information content (AvgIpc) is 2.80. The van der Waals surface area contributed by atoms with E-state index in [-0.39, 0.29) is 28.8 Å². The number of aromatic hydroxyl groups is 2. The lowest BCUT2D eigenvalue weighted by Crippen LogP contribution is -2.52. The molecule has 2 saturated heterocycles. The first kappa shape index (κ1) is 27.9. The Morgan fingerprint density at radius 2 is 0.973 bits per heavy atom. The summed E-state index contributed by atoms with van der Waals surface area (Å²) in [5.41, 5.74) is 5.19. The summed E-state index contributed by atoms with van der Waals surface area (Å²) in [6, 6.07) is 8.14. The first-order chi connectivity index (χ1) is 17.2. The van der Waals surface area contributed by atoms with Crippen molar-refractivity contribution in [2.24, 2.45) is 5.41 Å². The van der Waals surface area contributed by atoms with Gasteiger partial charge in [0.1, 0.15) is 11.5 Å². The maximum Gasteiger partial charge on any atom is 0.161 e. The lowest BCUT2D eigenvalue weighted by atomic mass is 9.83. The van der Waals surface area contributed by atoms with Crippen LogP contribution in [-0.2, 0) is 42.6 Å². The van der Waals surface area contributed by atoms with Crippen LogP contribution in [0.2, 0.25) is 0 Å². The maximum absolute atomic E-state index is 10.5. The fourth-order valence-corrected chi connectivity index (χ4v) is 5.13. The normalized spacial score (nSPS) is 25.0. The molecule has 2 aromatic carbocycles. The van der Waals surface area contributed by atoms with Crippen LogP contribution in [0, 0.1) is 19.3 Å². The minimum atomic E-state index is -0.337. The van der Waals surface area contributed by atoms with Crippen molar-refractivity contribution in [3.8, 4) is 11.5 Å². The molecule has 2 aliphatic heterocycles. The molecular weight excluding hydrogens is 468 g/mol. The molecule has 0 atom stereocenters. The van der Waals surface area contributed by atoms with Gasteiger partial charge < -0.3 is 29.2 Å². The Kier molecular flexibility index (Phi) is 7.70. The van der Waals surface area contributed by atoms with Gasteiger partial charge >= 0.3 is 0 Å². The van der Waals surface area contributed by atoms with E-state index in [4.69, 9.17) is 18.9 Å². The Balaban J connectivity index is 1.33. The first-order valence-electron chi connectivity index (χ1n) is 13.3. The molecule has 0 aromatic heterocycles. The SMILES string of the molecule is Cc1cc(CC2OCC3(CO2)COC(Cc2cc(C)c(O)c(C(C)(C)C)c2)OC3)cc(C(C)(C)C)c1O. The summed E-state index contributed by atoms with van der Waals surface area (Å²) in [6.45, 7) is 18.5. The quantitative estimate of drug-likeness (QED) is 0.537. The third-order valence-corrected chi connectivity index (χ3v) is 7.44. The van der Waals surface area contributed by atoms with Gasteiger partial charge in [0, 0.05) is 12.8 Å². The van der Waals surface area contributed by atoms with Crippen LogP contribution < -0.4 is 0 Å². The molecule has 2 heterocycles. The Hall–Kier alpha value is -2.12. The topological polar surface area (TPSA) is 77.4 Å². The van der Waals surface area contributed by atoms with E-state index in [1.54, 1.807) is 0 Å². The predicted octanol–water partition coefficient (Wildman–Crippen LogP) is 5.83. The van der Waals surface area contributed by atoms with E-state index in [0.29, 0.717) is 50.8 Å². The molecule has 6 heteroatoms. The molecule has 37 heavy (non-hydrogen) atoms. The Morgan fingerprint density at radius 3 is 1.27 bits per heavy atom. The number of ether oxygens (including phenoxy) is 4. The second kappa shape index (κ2) is 10.2. The molecule has 2 aromatic rings. The van der Waals surface area contributed by atoms with Gasteiger partial charge in [-0.05, 0) is 58.1 Å². The van der Waals surface area contributed by atoms with E-state index in [0.717, 1.165) is 33.4 Å². The number of phenolic OH excluding ortho intramolecular Hbond substituents is 2. The minimum absolute atomic E-state index is 0.149. The van der Waals surface area contributed by atoms with Crippen molar-refractivity contribution >= 4 is 0 Å². The van der Waals surface area contributed by atoms with Crippen LogP contribution in [0.5, 0.6) is 11.5 Å². The largest absolute Gasteiger partial charge is 0.507 e. The van der Waals surface area contributed by atoms with Crippen LogP contribution in [0.15, 0.2) is 24.3 Å². The third kappa shape index (κ3) is 6.31. The van der Waals surface area contributed by atoms with E-state index in [2.05, 4.69) is 53.7 Å². The summed E-state index contributed by atoms with van der Waals surface area (Å²) >= 11 is 0. The molecule has 204 valence electrons. The number of hydrogen-bond donors (Lipinski definition) is 2. The molecular formula is C31H44O6. The van der Waals surface area contributed by atoms with Crippen molar-refractivity contribution in [2.45, 2.75) is 91.6 Å². The summed E-state index contributed by atoms with van der Waals surface area (Å²) < 4.78 is 24.5. The average molecular weight is 513 g/mol. The van der Waals surface area contributed by atoms with Crippen LogP contribution in [0.1, 0.15) is 74.9 Å². The highest BCUT2D eigenvalue weighted by atomic mass is 16.7. The van der Waals surface area contributed by atoms with Crippen molar-refractivity contribution in [1.82, 2.24) is 0 Å². The summed E-state index contributed by atoms with van der Waals surface area (Å²) in [4.78, 5) is 0. The van der Waals surface area contributed by atoms with Crippen LogP contribution in [0.4, 0.5) is 0 Å². The van der Waals surface area contributed by atoms with Crippen molar-refractivity contribution in [2.75, 3.05) is 26.4 Å². The molecule has 0 saturated carbocycles. The van der Waals surface area contributed by atoms with Gasteiger partial charge in [-0.1, -0.05) is 65.8 Å². The minimum Gasteiger partial charge on any atom is -0.507 e. The van der Waals surface area contributed by atoms with E-state index in [9.17, 15) is 10.2 Å². The van der Waals surface area contributed by atoms with Gasteiger partial charge in [0.2, 0.25) is 0 Å². The zero-order valence-corrected chi connectivity index (χ0v) is 23.7. The van der Waals surface area contributed by atoms with Crippen LogP contribution in [-0.4, -0.2) is 49.2 Å². The standard InChI is InChI=1S/C31H44O6/c1-19-9-21(11-23(27(19)32)29(3,4)5)13-25-34-15-31(16-35-25)17-36-26(37-18-31)14-22-10-20(2)28(33)24(12-22)30(6,7)8/h9-12,25-26,32-33H,13-18H2,1-8H3. The zero-order chi connectivity index (χ0) is 27.2. The van der Waals surface area contributed by atoms with E-state index in [1.807, 2.05) is 26.0 Å². The van der Waals surface area contributed by atoms with Gasteiger partial charge in [-0.2, -0.15) is 0 Å². The van der Waals surface area contributed by atoms with Crippen molar-refractivity contribution in [3.63, 3.8) is 0 Å². The highest BCUT2D eigenvalue weighted by molar-refractivity contribution is 5.47. The highest BCUT2D eigenvalue weighted by Crippen LogP contribution is 2.37. The second-order valence-electron chi connectivity index (χ2n) is 13.1. The maximum atomic E-state index is 10.5. The Bertz CT molecular complexity index is 1010. The molecule has 0 unspecified atom stereocenters. The third-order valence-electron chi connectivity index (χ3n) is 7.44. The van der Waals surface area contributed by atoms with E-state index in [1.165, 1.54) is 0 Å². The highest BCUT2D eigenvalue weighted by Gasteiger charge is 2.42. The Labute approximate surface area is 221 Å². The van der Waals surface area contributed by atoms with Gasteiger partial charge in [-0.3, -0.25) is 0 Å². The van der Waals surface area contributed by atoms with Crippen molar-refractivity contribution in [3.05, 3.63) is 57.6 Å². The molecule has 1 spiro atoms. The van der Waals surface area contributed by atoms with Gasteiger partial charge in [0.05, 0.1) is 31.8 Å². The van der Waals surface area contributed by atoms with Crippen molar-refractivity contribution < 1.29 is 29.2 Å². The van der Waals surface area contributed by atoms with Gasteiger partial charge in [0.15, 0.2) is 12.6 Å². The van der Waals surface area contributed by atoms with Gasteiger partial charge in [0.25, 0.3) is 0 Å². The molecule has 0 amide bonds. The number of rotatable bonds is 4. The summed E-state index contributed by atoms with van der Waals surface area (Å²) in [5, 5.41) is 21.0. The van der Waals surface area contributed by atoms with E-state index >= 15 is 0 Å². The van der Waals surface area contributed by atoms with Crippen LogP contribution in [0.3, 0.4) is 0 Å². The molecule has 2 fully saturated rings. The molecule has 0 aliphatic carbocycles. The zero-order valence-electron chi connectivity index (χ0n) is 23.7. The monoisotopic (exact) mass is 512 g/mol. The van der Waals surface area contributed by atoms with Crippen molar-refractivity contribution in [1.29, 1.82) is 0 Å². The van der Waals surface area contributed by atoms with E-state index < -0.39 is 0 Å². The number of benzene rings is 2. The smallest absolute Gasteiger partial charge is 0.161 e. The second-order valence-corrected chi connectivity index (χ2v) is 13.1. The molecule has 4 rings (SSSR count). The molecule has 2 aliphatic rings. The van der Waals surface area contributed by atoms with Crippen LogP contribution >= 0.6 is 0 Å². The molecule has 2 N–H and O–H groups in total. The summed E-state index contributed by atoms with van der Waals surface area (Å²) in [5.74, 6) is 0.729. The van der Waals surface area contributed by atoms with Crippen LogP contribution in [0.25, 0.3) is 0 Å². The predicted molar refractivity (Wildman–Crippen MR) is 144 cm³/mol.